The summed E-state index contributed by atoms with van der Waals surface area (Å²) in [5.74, 6) is -0.263. The number of thioether (sulfide) groups is 1. The van der Waals surface area contributed by atoms with Gasteiger partial charge in [-0.3, -0.25) is 10.1 Å². The van der Waals surface area contributed by atoms with E-state index in [1.165, 1.54) is 24.9 Å². The van der Waals surface area contributed by atoms with Crippen LogP contribution in [0.3, 0.4) is 0 Å². The quantitative estimate of drug-likeness (QED) is 0.807. The van der Waals surface area contributed by atoms with Crippen molar-refractivity contribution in [1.82, 2.24) is 10.6 Å². The number of urea groups is 1. The van der Waals surface area contributed by atoms with Crippen LogP contribution in [0.4, 0.5) is 9.18 Å². The first-order valence-corrected chi connectivity index (χ1v) is 6.01. The van der Waals surface area contributed by atoms with Crippen LogP contribution in [0.2, 0.25) is 0 Å². The molecule has 1 aromatic carbocycles. The maximum atomic E-state index is 13.2. The summed E-state index contributed by atoms with van der Waals surface area (Å²) in [5.41, 5.74) is 0. The average molecular weight is 256 g/mol. The Bertz CT molecular complexity index is 412. The predicted octanol–water partition coefficient (Wildman–Crippen LogP) is 1.76. The van der Waals surface area contributed by atoms with Gasteiger partial charge in [0.1, 0.15) is 5.82 Å². The van der Waals surface area contributed by atoms with E-state index in [1.807, 2.05) is 0 Å². The van der Waals surface area contributed by atoms with Gasteiger partial charge in [0.25, 0.3) is 0 Å². The van der Waals surface area contributed by atoms with E-state index >= 15 is 0 Å². The van der Waals surface area contributed by atoms with Crippen molar-refractivity contribution >= 4 is 23.7 Å². The molecular formula is C11H13FN2O2S. The van der Waals surface area contributed by atoms with E-state index in [0.717, 1.165) is 0 Å². The molecule has 1 rings (SSSR count). The van der Waals surface area contributed by atoms with Gasteiger partial charge in [0.2, 0.25) is 5.91 Å². The Balaban J connectivity index is 2.31. The van der Waals surface area contributed by atoms with E-state index in [2.05, 4.69) is 10.6 Å². The normalized spacial score (nSPS) is 9.76. The topological polar surface area (TPSA) is 58.2 Å². The zero-order valence-corrected chi connectivity index (χ0v) is 10.1. The number of carbonyl (C=O) groups is 2. The molecule has 0 saturated carbocycles. The fourth-order valence-corrected chi connectivity index (χ4v) is 1.96. The standard InChI is InChI=1S/C11H13FN2O2S/c1-13-11(16)14-10(15)6-7-17-9-5-3-2-4-8(9)12/h2-5H,6-7H2,1H3,(H2,13,14,15,16). The third-order valence-electron chi connectivity index (χ3n) is 1.90. The largest absolute Gasteiger partial charge is 0.341 e. The minimum absolute atomic E-state index is 0.159. The first-order valence-electron chi connectivity index (χ1n) is 5.02. The number of imide groups is 1. The highest BCUT2D eigenvalue weighted by Crippen LogP contribution is 2.21. The molecule has 2 N–H and O–H groups in total. The predicted molar refractivity (Wildman–Crippen MR) is 64.3 cm³/mol. The van der Waals surface area contributed by atoms with E-state index < -0.39 is 6.03 Å². The zero-order valence-electron chi connectivity index (χ0n) is 9.33. The lowest BCUT2D eigenvalue weighted by Gasteiger charge is -2.04. The maximum absolute atomic E-state index is 13.2. The molecule has 0 aliphatic rings. The summed E-state index contributed by atoms with van der Waals surface area (Å²) in [6.45, 7) is 0. The molecule has 0 heterocycles. The molecule has 0 aliphatic heterocycles. The van der Waals surface area contributed by atoms with Gasteiger partial charge in [-0.25, -0.2) is 9.18 Å². The Morgan fingerprint density at radius 1 is 1.35 bits per heavy atom. The summed E-state index contributed by atoms with van der Waals surface area (Å²) in [6.07, 6.45) is 0.159. The number of carbonyl (C=O) groups excluding carboxylic acids is 2. The molecule has 0 fully saturated rings. The molecule has 0 saturated heterocycles. The van der Waals surface area contributed by atoms with Crippen molar-refractivity contribution in [2.75, 3.05) is 12.8 Å². The second-order valence-corrected chi connectivity index (χ2v) is 4.29. The van der Waals surface area contributed by atoms with E-state index in [4.69, 9.17) is 0 Å². The fourth-order valence-electron chi connectivity index (χ4n) is 1.07. The highest BCUT2D eigenvalue weighted by Gasteiger charge is 2.07. The number of hydrogen-bond acceptors (Lipinski definition) is 3. The van der Waals surface area contributed by atoms with Crippen LogP contribution >= 0.6 is 11.8 Å². The smallest absolute Gasteiger partial charge is 0.321 e. The highest BCUT2D eigenvalue weighted by atomic mass is 32.2. The summed E-state index contributed by atoms with van der Waals surface area (Å²) < 4.78 is 13.2. The van der Waals surface area contributed by atoms with Crippen LogP contribution in [-0.2, 0) is 4.79 Å². The van der Waals surface area contributed by atoms with Crippen LogP contribution in [0.15, 0.2) is 29.2 Å². The second kappa shape index (κ2) is 6.90. The molecule has 4 nitrogen and oxygen atoms in total. The number of amides is 3. The molecule has 0 bridgehead atoms. The molecule has 6 heteroatoms. The minimum Gasteiger partial charge on any atom is -0.341 e. The van der Waals surface area contributed by atoms with E-state index in [1.54, 1.807) is 18.2 Å². The van der Waals surface area contributed by atoms with Gasteiger partial charge in [0.05, 0.1) is 0 Å². The molecule has 0 aliphatic carbocycles. The number of hydrogen-bond donors (Lipinski definition) is 2. The molecule has 0 atom stereocenters. The van der Waals surface area contributed by atoms with Crippen molar-refractivity contribution in [3.8, 4) is 0 Å². The van der Waals surface area contributed by atoms with Crippen molar-refractivity contribution in [1.29, 1.82) is 0 Å². The Kier molecular flexibility index (Phi) is 5.48. The lowest BCUT2D eigenvalue weighted by atomic mass is 10.3. The van der Waals surface area contributed by atoms with Gasteiger partial charge in [-0.1, -0.05) is 12.1 Å². The molecule has 0 aromatic heterocycles. The Morgan fingerprint density at radius 3 is 2.71 bits per heavy atom. The molecule has 3 amide bonds. The van der Waals surface area contributed by atoms with Crippen molar-refractivity contribution in [3.63, 3.8) is 0 Å². The van der Waals surface area contributed by atoms with E-state index in [-0.39, 0.29) is 18.1 Å². The monoisotopic (exact) mass is 256 g/mol. The Hall–Kier alpha value is -1.56. The summed E-state index contributed by atoms with van der Waals surface area (Å²) in [6, 6.07) is 5.82. The molecule has 0 unspecified atom stereocenters. The average Bonchev–Trinajstić information content (AvgIpc) is 2.31. The number of halogens is 1. The van der Waals surface area contributed by atoms with Gasteiger partial charge >= 0.3 is 6.03 Å². The molecule has 92 valence electrons. The van der Waals surface area contributed by atoms with Crippen LogP contribution in [0.5, 0.6) is 0 Å². The number of benzene rings is 1. The Labute approximate surface area is 103 Å². The summed E-state index contributed by atoms with van der Waals surface area (Å²) >= 11 is 1.24. The van der Waals surface area contributed by atoms with Crippen LogP contribution in [0.1, 0.15) is 6.42 Å². The zero-order chi connectivity index (χ0) is 12.7. The minimum atomic E-state index is -0.536. The first kappa shape index (κ1) is 13.5. The van der Waals surface area contributed by atoms with Crippen LogP contribution in [0.25, 0.3) is 0 Å². The Morgan fingerprint density at radius 2 is 2.06 bits per heavy atom. The maximum Gasteiger partial charge on any atom is 0.321 e. The van der Waals surface area contributed by atoms with Gasteiger partial charge in [0, 0.05) is 24.1 Å². The molecule has 0 radical (unpaired) electrons. The number of nitrogens with one attached hydrogen (secondary N) is 2. The van der Waals surface area contributed by atoms with E-state index in [9.17, 15) is 14.0 Å². The molecule has 17 heavy (non-hydrogen) atoms. The summed E-state index contributed by atoms with van der Waals surface area (Å²) in [7, 11) is 1.43. The summed E-state index contributed by atoms with van der Waals surface area (Å²) in [4.78, 5) is 22.5. The van der Waals surface area contributed by atoms with Crippen molar-refractivity contribution in [2.45, 2.75) is 11.3 Å². The lowest BCUT2D eigenvalue weighted by Crippen LogP contribution is -2.37. The third kappa shape index (κ3) is 4.86. The third-order valence-corrected chi connectivity index (χ3v) is 2.95. The number of rotatable bonds is 4. The second-order valence-electron chi connectivity index (χ2n) is 3.16. The highest BCUT2D eigenvalue weighted by molar-refractivity contribution is 7.99. The van der Waals surface area contributed by atoms with Crippen LogP contribution in [-0.4, -0.2) is 24.7 Å². The van der Waals surface area contributed by atoms with Crippen LogP contribution < -0.4 is 10.6 Å². The lowest BCUT2D eigenvalue weighted by molar-refractivity contribution is -0.119. The van der Waals surface area contributed by atoms with Gasteiger partial charge in [-0.05, 0) is 12.1 Å². The van der Waals surface area contributed by atoms with E-state index in [0.29, 0.717) is 10.6 Å². The molecule has 0 spiro atoms. The first-order chi connectivity index (χ1) is 8.13. The van der Waals surface area contributed by atoms with Gasteiger partial charge in [0.15, 0.2) is 0 Å². The van der Waals surface area contributed by atoms with Gasteiger partial charge in [-0.2, -0.15) is 0 Å². The summed E-state index contributed by atoms with van der Waals surface area (Å²) in [5, 5.41) is 4.41. The van der Waals surface area contributed by atoms with Crippen molar-refractivity contribution in [2.24, 2.45) is 0 Å². The fraction of sp³-hybridized carbons (Fsp3) is 0.273. The SMILES string of the molecule is CNC(=O)NC(=O)CCSc1ccccc1F. The molecule has 1 aromatic rings. The van der Waals surface area contributed by atoms with Gasteiger partial charge in [-0.15, -0.1) is 11.8 Å². The van der Waals surface area contributed by atoms with Crippen LogP contribution in [0, 0.1) is 5.82 Å². The molecular weight excluding hydrogens is 243 g/mol. The van der Waals surface area contributed by atoms with Crippen molar-refractivity contribution in [3.05, 3.63) is 30.1 Å². The van der Waals surface area contributed by atoms with Gasteiger partial charge < -0.3 is 5.32 Å². The van der Waals surface area contributed by atoms with Crippen molar-refractivity contribution < 1.29 is 14.0 Å².